The van der Waals surface area contributed by atoms with E-state index < -0.39 is 0 Å². The molecule has 2 amide bonds. The van der Waals surface area contributed by atoms with Crippen molar-refractivity contribution in [2.24, 2.45) is 5.92 Å². The van der Waals surface area contributed by atoms with Crippen molar-refractivity contribution in [1.29, 1.82) is 0 Å². The van der Waals surface area contributed by atoms with Crippen molar-refractivity contribution < 1.29 is 9.90 Å². The molecule has 24 heavy (non-hydrogen) atoms. The van der Waals surface area contributed by atoms with Crippen molar-refractivity contribution in [2.75, 3.05) is 11.9 Å². The molecule has 0 unspecified atom stereocenters. The summed E-state index contributed by atoms with van der Waals surface area (Å²) >= 11 is 6.01. The molecule has 1 aromatic heterocycles. The van der Waals surface area contributed by atoms with Crippen LogP contribution in [0.15, 0.2) is 30.5 Å². The van der Waals surface area contributed by atoms with Gasteiger partial charge in [-0.1, -0.05) is 17.7 Å². The van der Waals surface area contributed by atoms with E-state index in [1.165, 1.54) is 0 Å². The molecule has 2 atom stereocenters. The number of hydrogen-bond donors (Lipinski definition) is 3. The van der Waals surface area contributed by atoms with Gasteiger partial charge in [0.1, 0.15) is 0 Å². The van der Waals surface area contributed by atoms with Gasteiger partial charge in [0.25, 0.3) is 0 Å². The second kappa shape index (κ2) is 7.23. The van der Waals surface area contributed by atoms with E-state index in [-0.39, 0.29) is 12.1 Å². The summed E-state index contributed by atoms with van der Waals surface area (Å²) in [6.45, 7) is 2.46. The van der Waals surface area contributed by atoms with Crippen LogP contribution in [0.25, 0.3) is 5.69 Å². The van der Waals surface area contributed by atoms with Crippen LogP contribution in [0.2, 0.25) is 5.02 Å². The zero-order valence-electron chi connectivity index (χ0n) is 13.5. The van der Waals surface area contributed by atoms with Gasteiger partial charge >= 0.3 is 6.03 Å². The number of aromatic nitrogens is 2. The number of rotatable bonds is 4. The lowest BCUT2D eigenvalue weighted by molar-refractivity contribution is 0.177. The zero-order valence-corrected chi connectivity index (χ0v) is 14.3. The summed E-state index contributed by atoms with van der Waals surface area (Å²) in [6.07, 6.45) is 3.92. The van der Waals surface area contributed by atoms with Crippen molar-refractivity contribution in [3.05, 3.63) is 41.2 Å². The lowest BCUT2D eigenvalue weighted by Crippen LogP contribution is -2.32. The lowest BCUT2D eigenvalue weighted by atomic mass is 10.1. The monoisotopic (exact) mass is 348 g/mol. The van der Waals surface area contributed by atoms with Gasteiger partial charge in [-0.25, -0.2) is 9.48 Å². The average molecular weight is 349 g/mol. The molecule has 3 rings (SSSR count). The minimum absolute atomic E-state index is 0.224. The van der Waals surface area contributed by atoms with E-state index >= 15 is 0 Å². The number of benzene rings is 1. The molecule has 0 saturated heterocycles. The fraction of sp³-hybridized carbons (Fsp3) is 0.412. The Morgan fingerprint density at radius 3 is 3.00 bits per heavy atom. The molecule has 0 aliphatic heterocycles. The van der Waals surface area contributed by atoms with Crippen molar-refractivity contribution in [3.8, 4) is 5.69 Å². The Morgan fingerprint density at radius 1 is 1.46 bits per heavy atom. The van der Waals surface area contributed by atoms with Gasteiger partial charge < -0.3 is 15.7 Å². The summed E-state index contributed by atoms with van der Waals surface area (Å²) in [4.78, 5) is 12.1. The highest BCUT2D eigenvalue weighted by Crippen LogP contribution is 2.24. The average Bonchev–Trinajstić information content (AvgIpc) is 3.12. The van der Waals surface area contributed by atoms with Crippen molar-refractivity contribution in [1.82, 2.24) is 15.1 Å². The Kier molecular flexibility index (Phi) is 5.06. The number of nitrogens with one attached hydrogen (secondary N) is 2. The largest absolute Gasteiger partial charge is 0.393 e. The molecule has 3 N–H and O–H groups in total. The van der Waals surface area contributed by atoms with Gasteiger partial charge in [0.15, 0.2) is 0 Å². The van der Waals surface area contributed by atoms with Gasteiger partial charge in [-0.15, -0.1) is 0 Å². The van der Waals surface area contributed by atoms with Crippen LogP contribution >= 0.6 is 11.6 Å². The number of halogens is 1. The molecule has 2 aromatic rings. The first-order chi connectivity index (χ1) is 11.5. The highest BCUT2D eigenvalue weighted by molar-refractivity contribution is 6.30. The molecular formula is C17H21ClN4O2. The SMILES string of the molecule is Cc1c(NC(=O)NC[C@@H]2CC[C@H](O)C2)cnn1-c1cccc(Cl)c1. The molecule has 7 heteroatoms. The fourth-order valence-electron chi connectivity index (χ4n) is 3.04. The maximum absolute atomic E-state index is 12.1. The number of hydrogen-bond acceptors (Lipinski definition) is 3. The quantitative estimate of drug-likeness (QED) is 0.794. The van der Waals surface area contributed by atoms with Crippen LogP contribution in [0.4, 0.5) is 10.5 Å². The molecule has 1 fully saturated rings. The molecule has 1 saturated carbocycles. The van der Waals surface area contributed by atoms with E-state index in [4.69, 9.17) is 11.6 Å². The summed E-state index contributed by atoms with van der Waals surface area (Å²) in [5, 5.41) is 20.1. The third kappa shape index (κ3) is 3.88. The van der Waals surface area contributed by atoms with Gasteiger partial charge in [-0.3, -0.25) is 0 Å². The lowest BCUT2D eigenvalue weighted by Gasteiger charge is -2.12. The molecule has 1 aliphatic rings. The summed E-state index contributed by atoms with van der Waals surface area (Å²) in [7, 11) is 0. The summed E-state index contributed by atoms with van der Waals surface area (Å²) in [5.41, 5.74) is 2.32. The van der Waals surface area contributed by atoms with Gasteiger partial charge in [0.2, 0.25) is 0 Å². The molecule has 1 heterocycles. The van der Waals surface area contributed by atoms with Crippen LogP contribution in [0.5, 0.6) is 0 Å². The van der Waals surface area contributed by atoms with Crippen LogP contribution in [-0.4, -0.2) is 33.6 Å². The maximum Gasteiger partial charge on any atom is 0.319 e. The second-order valence-electron chi connectivity index (χ2n) is 6.20. The standard InChI is InChI=1S/C17H21ClN4O2/c1-11-16(10-20-22(11)14-4-2-3-13(18)8-14)21-17(24)19-9-12-5-6-15(23)7-12/h2-4,8,10,12,15,23H,5-7,9H2,1H3,(H2,19,21,24)/t12-,15+/m1/s1. The number of carbonyl (C=O) groups excluding carboxylic acids is 1. The Hall–Kier alpha value is -2.05. The number of nitrogens with zero attached hydrogens (tertiary/aromatic N) is 2. The number of carbonyl (C=O) groups is 1. The van der Waals surface area contributed by atoms with E-state index in [1.54, 1.807) is 16.9 Å². The first-order valence-electron chi connectivity index (χ1n) is 8.06. The summed E-state index contributed by atoms with van der Waals surface area (Å²) in [6, 6.07) is 7.12. The van der Waals surface area contributed by atoms with Gasteiger partial charge in [0, 0.05) is 11.6 Å². The van der Waals surface area contributed by atoms with Crippen LogP contribution in [0.1, 0.15) is 25.0 Å². The van der Waals surface area contributed by atoms with E-state index in [0.29, 0.717) is 23.2 Å². The van der Waals surface area contributed by atoms with Gasteiger partial charge in [-0.05, 0) is 50.3 Å². The minimum Gasteiger partial charge on any atom is -0.393 e. The number of aliphatic hydroxyl groups is 1. The Morgan fingerprint density at radius 2 is 2.29 bits per heavy atom. The number of amides is 2. The topological polar surface area (TPSA) is 79.2 Å². The molecule has 0 radical (unpaired) electrons. The molecule has 1 aliphatic carbocycles. The third-order valence-corrected chi connectivity index (χ3v) is 4.61. The Bertz CT molecular complexity index is 731. The first-order valence-corrected chi connectivity index (χ1v) is 8.44. The van der Waals surface area contributed by atoms with Crippen LogP contribution < -0.4 is 10.6 Å². The van der Waals surface area contributed by atoms with Crippen LogP contribution in [0.3, 0.4) is 0 Å². The second-order valence-corrected chi connectivity index (χ2v) is 6.64. The molecule has 0 spiro atoms. The molecule has 128 valence electrons. The van der Waals surface area contributed by atoms with E-state index in [9.17, 15) is 9.90 Å². The Balaban J connectivity index is 1.60. The summed E-state index contributed by atoms with van der Waals surface area (Å²) in [5.74, 6) is 0.348. The van der Waals surface area contributed by atoms with Gasteiger partial charge in [-0.2, -0.15) is 5.10 Å². The Labute approximate surface area is 145 Å². The maximum atomic E-state index is 12.1. The van der Waals surface area contributed by atoms with Crippen molar-refractivity contribution in [3.63, 3.8) is 0 Å². The van der Waals surface area contributed by atoms with Crippen molar-refractivity contribution in [2.45, 2.75) is 32.3 Å². The van der Waals surface area contributed by atoms with Crippen LogP contribution in [0, 0.1) is 12.8 Å². The van der Waals surface area contributed by atoms with E-state index in [1.807, 2.05) is 25.1 Å². The normalized spacial score (nSPS) is 20.1. The number of urea groups is 1. The molecule has 0 bridgehead atoms. The van der Waals surface area contributed by atoms with Gasteiger partial charge in [0.05, 0.1) is 29.4 Å². The minimum atomic E-state index is -0.259. The third-order valence-electron chi connectivity index (χ3n) is 4.38. The number of anilines is 1. The first kappa shape index (κ1) is 16.8. The molecule has 6 nitrogen and oxygen atoms in total. The molecular weight excluding hydrogens is 328 g/mol. The fourth-order valence-corrected chi connectivity index (χ4v) is 3.22. The highest BCUT2D eigenvalue weighted by Gasteiger charge is 2.23. The van der Waals surface area contributed by atoms with E-state index in [2.05, 4.69) is 15.7 Å². The smallest absolute Gasteiger partial charge is 0.319 e. The number of aliphatic hydroxyl groups excluding tert-OH is 1. The van der Waals surface area contributed by atoms with Crippen LogP contribution in [-0.2, 0) is 0 Å². The predicted molar refractivity (Wildman–Crippen MR) is 93.7 cm³/mol. The zero-order chi connectivity index (χ0) is 17.1. The predicted octanol–water partition coefficient (Wildman–Crippen LogP) is 3.12. The van der Waals surface area contributed by atoms with Crippen molar-refractivity contribution >= 4 is 23.3 Å². The highest BCUT2D eigenvalue weighted by atomic mass is 35.5. The van der Waals surface area contributed by atoms with E-state index in [0.717, 1.165) is 30.6 Å². The summed E-state index contributed by atoms with van der Waals surface area (Å²) < 4.78 is 1.73. The molecule has 1 aromatic carbocycles.